The van der Waals surface area contributed by atoms with E-state index in [-0.39, 0.29) is 11.6 Å². The van der Waals surface area contributed by atoms with Gasteiger partial charge in [-0.05, 0) is 12.1 Å². The normalized spacial score (nSPS) is 9.71. The van der Waals surface area contributed by atoms with Gasteiger partial charge >= 0.3 is 0 Å². The fraction of sp³-hybridized carbons (Fsp3) is 0.0909. The number of aromatic nitrogens is 3. The molecule has 0 radical (unpaired) electrons. The van der Waals surface area contributed by atoms with E-state index in [2.05, 4.69) is 20.3 Å². The zero-order valence-corrected chi connectivity index (χ0v) is 9.12. The number of anilines is 1. The van der Waals surface area contributed by atoms with Gasteiger partial charge in [-0.1, -0.05) is 0 Å². The highest BCUT2D eigenvalue weighted by molar-refractivity contribution is 6.02. The molecule has 0 bridgehead atoms. The van der Waals surface area contributed by atoms with E-state index in [0.29, 0.717) is 11.6 Å². The minimum absolute atomic E-state index is 0.237. The second-order valence-corrected chi connectivity index (χ2v) is 3.14. The number of pyridine rings is 1. The molecule has 0 aliphatic heterocycles. The van der Waals surface area contributed by atoms with E-state index in [1.165, 1.54) is 19.5 Å². The Morgan fingerprint density at radius 1 is 1.41 bits per heavy atom. The van der Waals surface area contributed by atoms with Crippen molar-refractivity contribution in [1.82, 2.24) is 15.0 Å². The van der Waals surface area contributed by atoms with Crippen LogP contribution in [0.4, 0.5) is 5.69 Å². The molecule has 2 aromatic heterocycles. The molecule has 0 fully saturated rings. The predicted octanol–water partition coefficient (Wildman–Crippen LogP) is 1.13. The predicted molar refractivity (Wildman–Crippen MR) is 60.8 cm³/mol. The molecule has 2 aromatic rings. The number of amides is 1. The molecule has 0 saturated heterocycles. The fourth-order valence-corrected chi connectivity index (χ4v) is 1.21. The van der Waals surface area contributed by atoms with E-state index in [9.17, 15) is 4.79 Å². The van der Waals surface area contributed by atoms with Gasteiger partial charge in [-0.2, -0.15) is 0 Å². The lowest BCUT2D eigenvalue weighted by Crippen LogP contribution is -2.14. The molecule has 1 amide bonds. The van der Waals surface area contributed by atoms with Gasteiger partial charge in [-0.3, -0.25) is 9.78 Å². The van der Waals surface area contributed by atoms with Crippen molar-refractivity contribution in [2.75, 3.05) is 12.4 Å². The van der Waals surface area contributed by atoms with Crippen LogP contribution in [-0.2, 0) is 0 Å². The summed E-state index contributed by atoms with van der Waals surface area (Å²) in [6.45, 7) is 0. The minimum atomic E-state index is -0.335. The molecule has 0 saturated carbocycles. The number of carbonyl (C=O) groups is 1. The summed E-state index contributed by atoms with van der Waals surface area (Å²) in [6, 6.07) is 4.94. The number of hydrogen-bond donors (Lipinski definition) is 1. The number of carbonyl (C=O) groups excluding carboxylic acids is 1. The molecular weight excluding hydrogens is 220 g/mol. The van der Waals surface area contributed by atoms with Crippen LogP contribution < -0.4 is 10.1 Å². The van der Waals surface area contributed by atoms with E-state index in [1.807, 2.05) is 0 Å². The van der Waals surface area contributed by atoms with Gasteiger partial charge in [0.2, 0.25) is 5.88 Å². The summed E-state index contributed by atoms with van der Waals surface area (Å²) < 4.78 is 4.91. The van der Waals surface area contributed by atoms with Gasteiger partial charge in [0.25, 0.3) is 5.91 Å². The molecule has 0 spiro atoms. The van der Waals surface area contributed by atoms with Gasteiger partial charge in [-0.15, -0.1) is 0 Å². The highest BCUT2D eigenvalue weighted by Crippen LogP contribution is 2.09. The van der Waals surface area contributed by atoms with Crippen molar-refractivity contribution in [2.24, 2.45) is 0 Å². The Morgan fingerprint density at radius 3 is 3.00 bits per heavy atom. The van der Waals surface area contributed by atoms with Crippen molar-refractivity contribution >= 4 is 11.6 Å². The van der Waals surface area contributed by atoms with Crippen LogP contribution in [0.15, 0.2) is 36.9 Å². The first kappa shape index (κ1) is 11.0. The van der Waals surface area contributed by atoms with Crippen LogP contribution in [-0.4, -0.2) is 28.0 Å². The Morgan fingerprint density at radius 2 is 2.29 bits per heavy atom. The molecule has 0 aliphatic rings. The lowest BCUT2D eigenvalue weighted by atomic mass is 10.3. The third-order valence-corrected chi connectivity index (χ3v) is 2.00. The van der Waals surface area contributed by atoms with E-state index in [0.717, 1.165) is 0 Å². The summed E-state index contributed by atoms with van der Waals surface area (Å²) in [5, 5.41) is 2.66. The second kappa shape index (κ2) is 5.02. The molecule has 0 aromatic carbocycles. The SMILES string of the molecule is COc1cc(C(=O)Nc2cccnc2)ncn1. The first-order valence-electron chi connectivity index (χ1n) is 4.87. The number of nitrogens with zero attached hydrogens (tertiary/aromatic N) is 3. The average Bonchev–Trinajstić information content (AvgIpc) is 2.40. The van der Waals surface area contributed by atoms with Crippen LogP contribution in [0, 0.1) is 0 Å². The average molecular weight is 230 g/mol. The minimum Gasteiger partial charge on any atom is -0.481 e. The number of ether oxygens (including phenoxy) is 1. The number of nitrogens with one attached hydrogen (secondary N) is 1. The highest BCUT2D eigenvalue weighted by Gasteiger charge is 2.09. The fourth-order valence-electron chi connectivity index (χ4n) is 1.21. The van der Waals surface area contributed by atoms with Crippen LogP contribution in [0.5, 0.6) is 5.88 Å². The monoisotopic (exact) mass is 230 g/mol. The van der Waals surface area contributed by atoms with Gasteiger partial charge in [-0.25, -0.2) is 9.97 Å². The Bertz CT molecular complexity index is 516. The van der Waals surface area contributed by atoms with Crippen LogP contribution in [0.25, 0.3) is 0 Å². The molecule has 1 N–H and O–H groups in total. The molecule has 0 aliphatic carbocycles. The summed E-state index contributed by atoms with van der Waals surface area (Å²) in [5.41, 5.74) is 0.843. The molecule has 86 valence electrons. The molecule has 0 unspecified atom stereocenters. The third-order valence-electron chi connectivity index (χ3n) is 2.00. The van der Waals surface area contributed by atoms with Crippen molar-refractivity contribution in [3.63, 3.8) is 0 Å². The highest BCUT2D eigenvalue weighted by atomic mass is 16.5. The second-order valence-electron chi connectivity index (χ2n) is 3.14. The summed E-state index contributed by atoms with van der Waals surface area (Å²) >= 11 is 0. The van der Waals surface area contributed by atoms with Crippen LogP contribution >= 0.6 is 0 Å². The zero-order chi connectivity index (χ0) is 12.1. The van der Waals surface area contributed by atoms with Gasteiger partial charge in [0.1, 0.15) is 12.0 Å². The molecule has 6 nitrogen and oxygen atoms in total. The molecule has 17 heavy (non-hydrogen) atoms. The lowest BCUT2D eigenvalue weighted by Gasteiger charge is -2.04. The zero-order valence-electron chi connectivity index (χ0n) is 9.12. The van der Waals surface area contributed by atoms with E-state index in [1.54, 1.807) is 24.5 Å². The molecular formula is C11H10N4O2. The maximum Gasteiger partial charge on any atom is 0.274 e. The summed E-state index contributed by atoms with van der Waals surface area (Å²) in [5.74, 6) is 0.00929. The van der Waals surface area contributed by atoms with Gasteiger partial charge in [0.05, 0.1) is 19.0 Å². The van der Waals surface area contributed by atoms with Crippen LogP contribution in [0.1, 0.15) is 10.5 Å². The van der Waals surface area contributed by atoms with Crippen LogP contribution in [0.3, 0.4) is 0 Å². The maximum absolute atomic E-state index is 11.8. The first-order valence-corrected chi connectivity index (χ1v) is 4.87. The van der Waals surface area contributed by atoms with Crippen molar-refractivity contribution in [2.45, 2.75) is 0 Å². The summed E-state index contributed by atoms with van der Waals surface area (Å²) in [7, 11) is 1.48. The molecule has 6 heteroatoms. The van der Waals surface area contributed by atoms with E-state index < -0.39 is 0 Å². The molecule has 2 heterocycles. The lowest BCUT2D eigenvalue weighted by molar-refractivity contribution is 0.102. The van der Waals surface area contributed by atoms with Crippen molar-refractivity contribution in [3.8, 4) is 5.88 Å². The van der Waals surface area contributed by atoms with Crippen LogP contribution in [0.2, 0.25) is 0 Å². The van der Waals surface area contributed by atoms with Crippen molar-refractivity contribution in [1.29, 1.82) is 0 Å². The van der Waals surface area contributed by atoms with E-state index >= 15 is 0 Å². The summed E-state index contributed by atoms with van der Waals surface area (Å²) in [6.07, 6.45) is 4.46. The topological polar surface area (TPSA) is 77.0 Å². The Labute approximate surface area is 97.7 Å². The van der Waals surface area contributed by atoms with Gasteiger partial charge in [0.15, 0.2) is 0 Å². The smallest absolute Gasteiger partial charge is 0.274 e. The maximum atomic E-state index is 11.8. The largest absolute Gasteiger partial charge is 0.481 e. The van der Waals surface area contributed by atoms with E-state index in [4.69, 9.17) is 4.74 Å². The molecule has 2 rings (SSSR count). The van der Waals surface area contributed by atoms with Gasteiger partial charge < -0.3 is 10.1 Å². The van der Waals surface area contributed by atoms with Crippen molar-refractivity contribution in [3.05, 3.63) is 42.6 Å². The van der Waals surface area contributed by atoms with Gasteiger partial charge in [0, 0.05) is 12.3 Å². The molecule has 0 atom stereocenters. The number of hydrogen-bond acceptors (Lipinski definition) is 5. The Hall–Kier alpha value is -2.50. The first-order chi connectivity index (χ1) is 8.29. The number of rotatable bonds is 3. The number of methoxy groups -OCH3 is 1. The standard InChI is InChI=1S/C11H10N4O2/c1-17-10-5-9(13-7-14-10)11(16)15-8-3-2-4-12-6-8/h2-7H,1H3,(H,15,16). The van der Waals surface area contributed by atoms with Crippen molar-refractivity contribution < 1.29 is 9.53 Å². The summed E-state index contributed by atoms with van der Waals surface area (Å²) in [4.78, 5) is 23.4. The Balaban J connectivity index is 2.14. The quantitative estimate of drug-likeness (QED) is 0.855. The third kappa shape index (κ3) is 2.75. The Kier molecular flexibility index (Phi) is 3.25.